The SMILES string of the molecule is CC(C)c1ccc(C(=O)N[C@H]2CCCC[C@H]2C)cc1. The summed E-state index contributed by atoms with van der Waals surface area (Å²) in [6.07, 6.45) is 4.90. The number of hydrogen-bond acceptors (Lipinski definition) is 1. The van der Waals surface area contributed by atoms with Crippen molar-refractivity contribution in [1.82, 2.24) is 5.32 Å². The van der Waals surface area contributed by atoms with Gasteiger partial charge in [0.15, 0.2) is 0 Å². The third kappa shape index (κ3) is 3.59. The molecular formula is C17H25NO. The molecule has 0 spiro atoms. The number of amides is 1. The van der Waals surface area contributed by atoms with Gasteiger partial charge in [0.25, 0.3) is 5.91 Å². The molecule has 1 amide bonds. The Hall–Kier alpha value is -1.31. The molecule has 19 heavy (non-hydrogen) atoms. The second-order valence-electron chi connectivity index (χ2n) is 6.12. The van der Waals surface area contributed by atoms with Crippen molar-refractivity contribution in [2.45, 2.75) is 58.4 Å². The lowest BCUT2D eigenvalue weighted by molar-refractivity contribution is 0.0910. The first-order valence-corrected chi connectivity index (χ1v) is 7.48. The first-order chi connectivity index (χ1) is 9.08. The normalized spacial score (nSPS) is 23.4. The zero-order valence-corrected chi connectivity index (χ0v) is 12.3. The molecule has 0 bridgehead atoms. The molecule has 2 nitrogen and oxygen atoms in total. The van der Waals surface area contributed by atoms with Crippen molar-refractivity contribution in [1.29, 1.82) is 0 Å². The number of rotatable bonds is 3. The molecule has 2 heteroatoms. The topological polar surface area (TPSA) is 29.1 Å². The summed E-state index contributed by atoms with van der Waals surface area (Å²) in [5.41, 5.74) is 2.06. The summed E-state index contributed by atoms with van der Waals surface area (Å²) in [7, 11) is 0. The summed E-state index contributed by atoms with van der Waals surface area (Å²) in [6, 6.07) is 8.36. The van der Waals surface area contributed by atoms with Crippen molar-refractivity contribution >= 4 is 5.91 Å². The predicted octanol–water partition coefficient (Wildman–Crippen LogP) is 4.12. The van der Waals surface area contributed by atoms with Gasteiger partial charge in [-0.25, -0.2) is 0 Å². The van der Waals surface area contributed by atoms with Crippen LogP contribution < -0.4 is 5.32 Å². The zero-order chi connectivity index (χ0) is 13.8. The van der Waals surface area contributed by atoms with Gasteiger partial charge in [-0.3, -0.25) is 4.79 Å². The largest absolute Gasteiger partial charge is 0.349 e. The number of benzene rings is 1. The molecule has 2 atom stereocenters. The summed E-state index contributed by atoms with van der Waals surface area (Å²) in [5, 5.41) is 3.19. The highest BCUT2D eigenvalue weighted by Crippen LogP contribution is 2.24. The van der Waals surface area contributed by atoms with Gasteiger partial charge < -0.3 is 5.32 Å². The molecule has 0 unspecified atom stereocenters. The molecule has 1 aliphatic carbocycles. The Morgan fingerprint density at radius 1 is 1.16 bits per heavy atom. The Morgan fingerprint density at radius 2 is 1.79 bits per heavy atom. The molecule has 0 heterocycles. The Bertz CT molecular complexity index is 421. The summed E-state index contributed by atoms with van der Waals surface area (Å²) >= 11 is 0. The van der Waals surface area contributed by atoms with Crippen LogP contribution in [-0.2, 0) is 0 Å². The minimum Gasteiger partial charge on any atom is -0.349 e. The van der Waals surface area contributed by atoms with E-state index in [-0.39, 0.29) is 5.91 Å². The van der Waals surface area contributed by atoms with Gasteiger partial charge in [-0.2, -0.15) is 0 Å². The average molecular weight is 259 g/mol. The standard InChI is InChI=1S/C17H25NO/c1-12(2)14-8-10-15(11-9-14)17(19)18-16-7-5-4-6-13(16)3/h8-13,16H,4-7H2,1-3H3,(H,18,19)/t13-,16+/m1/s1. The highest BCUT2D eigenvalue weighted by molar-refractivity contribution is 5.94. The van der Waals surface area contributed by atoms with Crippen molar-refractivity contribution in [2.24, 2.45) is 5.92 Å². The maximum absolute atomic E-state index is 12.2. The first-order valence-electron chi connectivity index (χ1n) is 7.48. The van der Waals surface area contributed by atoms with Crippen molar-refractivity contribution in [3.8, 4) is 0 Å². The van der Waals surface area contributed by atoms with E-state index in [4.69, 9.17) is 0 Å². The summed E-state index contributed by atoms with van der Waals surface area (Å²) < 4.78 is 0. The van der Waals surface area contributed by atoms with E-state index in [0.29, 0.717) is 17.9 Å². The minimum absolute atomic E-state index is 0.0778. The van der Waals surface area contributed by atoms with Crippen molar-refractivity contribution < 1.29 is 4.79 Å². The van der Waals surface area contributed by atoms with Crippen LogP contribution in [0.5, 0.6) is 0 Å². The van der Waals surface area contributed by atoms with E-state index in [1.54, 1.807) is 0 Å². The molecule has 0 radical (unpaired) electrons. The zero-order valence-electron chi connectivity index (χ0n) is 12.3. The van der Waals surface area contributed by atoms with Gasteiger partial charge in [0.2, 0.25) is 0 Å². The number of carbonyl (C=O) groups excluding carboxylic acids is 1. The predicted molar refractivity (Wildman–Crippen MR) is 79.4 cm³/mol. The van der Waals surface area contributed by atoms with Crippen LogP contribution in [0.4, 0.5) is 0 Å². The maximum Gasteiger partial charge on any atom is 0.251 e. The molecule has 0 aliphatic heterocycles. The van der Waals surface area contributed by atoms with Gasteiger partial charge in [0.1, 0.15) is 0 Å². The lowest BCUT2D eigenvalue weighted by Gasteiger charge is -2.29. The Morgan fingerprint density at radius 3 is 2.37 bits per heavy atom. The highest BCUT2D eigenvalue weighted by atomic mass is 16.1. The lowest BCUT2D eigenvalue weighted by atomic mass is 9.86. The molecule has 2 rings (SSSR count). The number of carbonyl (C=O) groups is 1. The third-order valence-corrected chi connectivity index (χ3v) is 4.27. The monoisotopic (exact) mass is 259 g/mol. The van der Waals surface area contributed by atoms with Gasteiger partial charge in [-0.1, -0.05) is 45.7 Å². The van der Waals surface area contributed by atoms with E-state index >= 15 is 0 Å². The molecule has 1 aliphatic rings. The summed E-state index contributed by atoms with van der Waals surface area (Å²) in [5.74, 6) is 1.19. The van der Waals surface area contributed by atoms with E-state index in [9.17, 15) is 4.79 Å². The Labute approximate surface area is 116 Å². The summed E-state index contributed by atoms with van der Waals surface area (Å²) in [4.78, 5) is 12.2. The minimum atomic E-state index is 0.0778. The van der Waals surface area contributed by atoms with E-state index in [0.717, 1.165) is 12.0 Å². The van der Waals surface area contributed by atoms with Gasteiger partial charge in [0, 0.05) is 11.6 Å². The van der Waals surface area contributed by atoms with Gasteiger partial charge in [-0.15, -0.1) is 0 Å². The first kappa shape index (κ1) is 14.1. The Kier molecular flexibility index (Phi) is 4.62. The van der Waals surface area contributed by atoms with Gasteiger partial charge in [-0.05, 0) is 42.4 Å². The van der Waals surface area contributed by atoms with E-state index < -0.39 is 0 Å². The third-order valence-electron chi connectivity index (χ3n) is 4.27. The van der Waals surface area contributed by atoms with Crippen molar-refractivity contribution in [2.75, 3.05) is 0 Å². The van der Waals surface area contributed by atoms with E-state index in [1.165, 1.54) is 24.8 Å². The average Bonchev–Trinajstić information content (AvgIpc) is 2.41. The lowest BCUT2D eigenvalue weighted by Crippen LogP contribution is -2.41. The quantitative estimate of drug-likeness (QED) is 0.869. The van der Waals surface area contributed by atoms with Crippen LogP contribution in [0.25, 0.3) is 0 Å². The van der Waals surface area contributed by atoms with Crippen molar-refractivity contribution in [3.63, 3.8) is 0 Å². The molecule has 1 aromatic rings. The fourth-order valence-electron chi connectivity index (χ4n) is 2.80. The molecule has 0 aromatic heterocycles. The Balaban J connectivity index is 1.99. The van der Waals surface area contributed by atoms with Crippen LogP contribution in [0.2, 0.25) is 0 Å². The fraction of sp³-hybridized carbons (Fsp3) is 0.588. The molecule has 1 saturated carbocycles. The second-order valence-corrected chi connectivity index (χ2v) is 6.12. The molecule has 1 N–H and O–H groups in total. The number of nitrogens with one attached hydrogen (secondary N) is 1. The van der Waals surface area contributed by atoms with Crippen LogP contribution in [0.15, 0.2) is 24.3 Å². The smallest absolute Gasteiger partial charge is 0.251 e. The summed E-state index contributed by atoms with van der Waals surface area (Å²) in [6.45, 7) is 6.57. The molecular weight excluding hydrogens is 234 g/mol. The second kappa shape index (κ2) is 6.23. The van der Waals surface area contributed by atoms with Crippen LogP contribution in [0.1, 0.15) is 68.3 Å². The maximum atomic E-state index is 12.2. The van der Waals surface area contributed by atoms with Crippen LogP contribution in [0.3, 0.4) is 0 Å². The van der Waals surface area contributed by atoms with Crippen LogP contribution in [0, 0.1) is 5.92 Å². The van der Waals surface area contributed by atoms with E-state index in [2.05, 4.69) is 38.2 Å². The van der Waals surface area contributed by atoms with Crippen LogP contribution >= 0.6 is 0 Å². The highest BCUT2D eigenvalue weighted by Gasteiger charge is 2.23. The van der Waals surface area contributed by atoms with E-state index in [1.807, 2.05) is 12.1 Å². The van der Waals surface area contributed by atoms with Gasteiger partial charge in [0.05, 0.1) is 0 Å². The van der Waals surface area contributed by atoms with Gasteiger partial charge >= 0.3 is 0 Å². The van der Waals surface area contributed by atoms with Crippen molar-refractivity contribution in [3.05, 3.63) is 35.4 Å². The molecule has 1 fully saturated rings. The molecule has 104 valence electrons. The fourth-order valence-corrected chi connectivity index (χ4v) is 2.80. The molecule has 1 aromatic carbocycles. The molecule has 0 saturated heterocycles. The van der Waals surface area contributed by atoms with Crippen LogP contribution in [-0.4, -0.2) is 11.9 Å². The number of hydrogen-bond donors (Lipinski definition) is 1.